The largest absolute Gasteiger partial charge is 0.361 e. The van der Waals surface area contributed by atoms with E-state index in [0.717, 1.165) is 25.0 Å². The van der Waals surface area contributed by atoms with Crippen LogP contribution in [0.15, 0.2) is 30.5 Å². The van der Waals surface area contributed by atoms with Crippen molar-refractivity contribution in [3.05, 3.63) is 36.0 Å². The van der Waals surface area contributed by atoms with Crippen molar-refractivity contribution in [1.82, 2.24) is 20.1 Å². The molecule has 0 saturated carbocycles. The number of amides is 2. The van der Waals surface area contributed by atoms with E-state index < -0.39 is 0 Å². The summed E-state index contributed by atoms with van der Waals surface area (Å²) in [6.07, 6.45) is 2.87. The third kappa shape index (κ3) is 2.67. The first kappa shape index (κ1) is 15.2. The molecule has 2 aromatic rings. The zero-order valence-electron chi connectivity index (χ0n) is 13.8. The number of likely N-dealkylation sites (tertiary alicyclic amines) is 1. The number of hydrogen-bond acceptors (Lipinski definition) is 3. The quantitative estimate of drug-likeness (QED) is 0.863. The fraction of sp³-hybridized carbons (Fsp3) is 0.444. The second-order valence-electron chi connectivity index (χ2n) is 6.86. The molecule has 2 N–H and O–H groups in total. The van der Waals surface area contributed by atoms with Gasteiger partial charge in [-0.1, -0.05) is 18.2 Å². The van der Waals surface area contributed by atoms with Crippen molar-refractivity contribution in [2.45, 2.75) is 19.0 Å². The van der Waals surface area contributed by atoms with Crippen molar-refractivity contribution in [3.8, 4) is 0 Å². The van der Waals surface area contributed by atoms with Crippen LogP contribution >= 0.6 is 0 Å². The van der Waals surface area contributed by atoms with Crippen LogP contribution in [-0.2, 0) is 16.1 Å². The molecule has 2 atom stereocenters. The van der Waals surface area contributed by atoms with E-state index in [1.165, 1.54) is 10.9 Å². The minimum atomic E-state index is -0.152. The van der Waals surface area contributed by atoms with Gasteiger partial charge >= 0.3 is 0 Å². The van der Waals surface area contributed by atoms with Crippen molar-refractivity contribution in [3.63, 3.8) is 0 Å². The molecule has 0 spiro atoms. The van der Waals surface area contributed by atoms with Crippen LogP contribution in [0.1, 0.15) is 12.0 Å². The smallest absolute Gasteiger partial charge is 0.239 e. The summed E-state index contributed by atoms with van der Waals surface area (Å²) in [6.45, 7) is 2.55. The average Bonchev–Trinajstić information content (AvgIpc) is 2.94. The Labute approximate surface area is 140 Å². The molecule has 1 aromatic carbocycles. The van der Waals surface area contributed by atoms with Gasteiger partial charge in [0.15, 0.2) is 0 Å². The number of carbonyl (C=O) groups is 2. The molecule has 0 aliphatic carbocycles. The van der Waals surface area contributed by atoms with Crippen LogP contribution in [-0.4, -0.2) is 59.3 Å². The second kappa shape index (κ2) is 5.94. The number of aromatic amines is 1. The Morgan fingerprint density at radius 1 is 1.25 bits per heavy atom. The third-order valence-electron chi connectivity index (χ3n) is 5.19. The van der Waals surface area contributed by atoms with Gasteiger partial charge in [-0.3, -0.25) is 14.5 Å². The number of aromatic nitrogens is 1. The van der Waals surface area contributed by atoms with E-state index in [2.05, 4.69) is 33.5 Å². The van der Waals surface area contributed by atoms with Crippen LogP contribution in [0.25, 0.3) is 10.9 Å². The molecular formula is C18H22N4O2. The number of rotatable bonds is 2. The molecule has 2 amide bonds. The molecule has 2 saturated heterocycles. The minimum Gasteiger partial charge on any atom is -0.361 e. The number of likely N-dealkylation sites (N-methyl/N-ethyl adjacent to an activating group) is 1. The number of nitrogens with one attached hydrogen (secondary N) is 2. The Bertz CT molecular complexity index is 784. The van der Waals surface area contributed by atoms with Crippen LogP contribution in [0.2, 0.25) is 0 Å². The molecule has 4 rings (SSSR count). The van der Waals surface area contributed by atoms with Crippen LogP contribution in [0.3, 0.4) is 0 Å². The number of benzene rings is 1. The summed E-state index contributed by atoms with van der Waals surface area (Å²) in [5, 5.41) is 4.25. The van der Waals surface area contributed by atoms with E-state index in [4.69, 9.17) is 0 Å². The lowest BCUT2D eigenvalue weighted by atomic mass is 9.91. The number of para-hydroxylation sites is 1. The third-order valence-corrected chi connectivity index (χ3v) is 5.19. The monoisotopic (exact) mass is 326 g/mol. The summed E-state index contributed by atoms with van der Waals surface area (Å²) in [5.41, 5.74) is 2.39. The lowest BCUT2D eigenvalue weighted by molar-refractivity contribution is -0.136. The molecule has 2 aliphatic rings. The molecule has 3 heterocycles. The SMILES string of the molecule is CN1CC(=O)N[C@@H]2CCN(Cc3c[nH]c4ccccc34)C[C@@H]2C1=O. The van der Waals surface area contributed by atoms with Crippen molar-refractivity contribution in [1.29, 1.82) is 0 Å². The molecule has 0 radical (unpaired) electrons. The van der Waals surface area contributed by atoms with E-state index in [0.29, 0.717) is 6.54 Å². The van der Waals surface area contributed by atoms with Crippen molar-refractivity contribution >= 4 is 22.7 Å². The predicted octanol–water partition coefficient (Wildman–Crippen LogP) is 0.947. The number of fused-ring (bicyclic) bond motifs is 2. The number of piperidine rings is 1. The number of hydrogen-bond donors (Lipinski definition) is 2. The van der Waals surface area contributed by atoms with Gasteiger partial charge in [-0.05, 0) is 18.1 Å². The normalized spacial score (nSPS) is 25.5. The Hall–Kier alpha value is -2.34. The Kier molecular flexibility index (Phi) is 3.76. The van der Waals surface area contributed by atoms with Gasteiger partial charge in [0.25, 0.3) is 0 Å². The second-order valence-corrected chi connectivity index (χ2v) is 6.86. The first-order valence-corrected chi connectivity index (χ1v) is 8.43. The average molecular weight is 326 g/mol. The Morgan fingerprint density at radius 2 is 2.08 bits per heavy atom. The number of carbonyl (C=O) groups excluding carboxylic acids is 2. The molecule has 24 heavy (non-hydrogen) atoms. The maximum atomic E-state index is 12.6. The highest BCUT2D eigenvalue weighted by atomic mass is 16.2. The Balaban J connectivity index is 1.52. The van der Waals surface area contributed by atoms with Crippen molar-refractivity contribution in [2.75, 3.05) is 26.7 Å². The lowest BCUT2D eigenvalue weighted by Gasteiger charge is -2.37. The van der Waals surface area contributed by atoms with E-state index in [-0.39, 0.29) is 30.3 Å². The lowest BCUT2D eigenvalue weighted by Crippen LogP contribution is -2.52. The highest BCUT2D eigenvalue weighted by Gasteiger charge is 2.39. The van der Waals surface area contributed by atoms with Crippen molar-refractivity contribution in [2.24, 2.45) is 5.92 Å². The topological polar surface area (TPSA) is 68.4 Å². The molecule has 1 aromatic heterocycles. The van der Waals surface area contributed by atoms with Gasteiger partial charge in [0, 0.05) is 49.8 Å². The highest BCUT2D eigenvalue weighted by molar-refractivity contribution is 5.89. The van der Waals surface area contributed by atoms with Gasteiger partial charge in [0.2, 0.25) is 11.8 Å². The molecule has 2 fully saturated rings. The van der Waals surface area contributed by atoms with Crippen LogP contribution in [0.5, 0.6) is 0 Å². The predicted molar refractivity (Wildman–Crippen MR) is 91.3 cm³/mol. The fourth-order valence-electron chi connectivity index (χ4n) is 3.92. The molecule has 126 valence electrons. The highest BCUT2D eigenvalue weighted by Crippen LogP contribution is 2.25. The van der Waals surface area contributed by atoms with Crippen LogP contribution < -0.4 is 5.32 Å². The maximum absolute atomic E-state index is 12.6. The van der Waals surface area contributed by atoms with Crippen molar-refractivity contribution < 1.29 is 9.59 Å². The van der Waals surface area contributed by atoms with E-state index in [1.807, 2.05) is 12.1 Å². The molecule has 6 heteroatoms. The first-order chi connectivity index (χ1) is 11.6. The summed E-state index contributed by atoms with van der Waals surface area (Å²) in [4.78, 5) is 31.6. The molecule has 2 aliphatic heterocycles. The summed E-state index contributed by atoms with van der Waals surface area (Å²) >= 11 is 0. The molecular weight excluding hydrogens is 304 g/mol. The van der Waals surface area contributed by atoms with Crippen LogP contribution in [0.4, 0.5) is 0 Å². The fourth-order valence-corrected chi connectivity index (χ4v) is 3.92. The zero-order chi connectivity index (χ0) is 16.7. The van der Waals surface area contributed by atoms with Gasteiger partial charge < -0.3 is 15.2 Å². The number of H-pyrrole nitrogens is 1. The Morgan fingerprint density at radius 3 is 2.96 bits per heavy atom. The van der Waals surface area contributed by atoms with E-state index >= 15 is 0 Å². The van der Waals surface area contributed by atoms with E-state index in [9.17, 15) is 9.59 Å². The zero-order valence-corrected chi connectivity index (χ0v) is 13.8. The van der Waals surface area contributed by atoms with Gasteiger partial charge in [-0.15, -0.1) is 0 Å². The summed E-state index contributed by atoms with van der Waals surface area (Å²) < 4.78 is 0. The molecule has 6 nitrogen and oxygen atoms in total. The summed E-state index contributed by atoms with van der Waals surface area (Å²) in [6, 6.07) is 8.24. The molecule has 0 bridgehead atoms. The molecule has 0 unspecified atom stereocenters. The standard InChI is InChI=1S/C18H22N4O2/c1-21-11-17(23)20-16-6-7-22(10-14(16)18(21)24)9-12-8-19-15-5-3-2-4-13(12)15/h2-5,8,14,16,19H,6-7,9-11H2,1H3,(H,20,23)/t14-,16+/m0/s1. The maximum Gasteiger partial charge on any atom is 0.239 e. The first-order valence-electron chi connectivity index (χ1n) is 8.43. The van der Waals surface area contributed by atoms with Gasteiger partial charge in [0.05, 0.1) is 12.5 Å². The summed E-state index contributed by atoms with van der Waals surface area (Å²) in [7, 11) is 1.71. The van der Waals surface area contributed by atoms with E-state index in [1.54, 1.807) is 11.9 Å². The number of nitrogens with zero attached hydrogens (tertiary/aromatic N) is 2. The van der Waals surface area contributed by atoms with Gasteiger partial charge in [-0.25, -0.2) is 0 Å². The van der Waals surface area contributed by atoms with Gasteiger partial charge in [0.1, 0.15) is 0 Å². The van der Waals surface area contributed by atoms with Gasteiger partial charge in [-0.2, -0.15) is 0 Å². The van der Waals surface area contributed by atoms with Crippen LogP contribution in [0, 0.1) is 5.92 Å². The minimum absolute atomic E-state index is 0.0332. The summed E-state index contributed by atoms with van der Waals surface area (Å²) in [5.74, 6) is -0.134.